The van der Waals surface area contributed by atoms with E-state index in [0.29, 0.717) is 6.42 Å². The Morgan fingerprint density at radius 1 is 0.913 bits per heavy atom. The number of carbonyl (C=O) groups excluding carboxylic acids is 2. The van der Waals surface area contributed by atoms with Gasteiger partial charge in [0.15, 0.2) is 0 Å². The molecule has 134 valence electrons. The van der Waals surface area contributed by atoms with Gasteiger partial charge in [-0.15, -0.1) is 0 Å². The summed E-state index contributed by atoms with van der Waals surface area (Å²) in [6.07, 6.45) is 12.0. The summed E-state index contributed by atoms with van der Waals surface area (Å²) >= 11 is 0. The van der Waals surface area contributed by atoms with Crippen LogP contribution in [0.3, 0.4) is 0 Å². The van der Waals surface area contributed by atoms with Crippen molar-refractivity contribution in [2.75, 3.05) is 0 Å². The first-order valence-electron chi connectivity index (χ1n) is 8.79. The number of primary amides is 1. The molecule has 0 aliphatic rings. The van der Waals surface area contributed by atoms with E-state index < -0.39 is 23.8 Å². The highest BCUT2D eigenvalue weighted by molar-refractivity contribution is 5.95. The lowest BCUT2D eigenvalue weighted by molar-refractivity contribution is -0.141. The van der Waals surface area contributed by atoms with Crippen LogP contribution < -0.4 is 11.1 Å². The van der Waals surface area contributed by atoms with Crippen molar-refractivity contribution in [1.29, 1.82) is 0 Å². The lowest BCUT2D eigenvalue weighted by Gasteiger charge is -2.13. The van der Waals surface area contributed by atoms with Crippen molar-refractivity contribution in [3.05, 3.63) is 0 Å². The molecule has 0 aliphatic heterocycles. The van der Waals surface area contributed by atoms with Crippen LogP contribution in [0.2, 0.25) is 0 Å². The van der Waals surface area contributed by atoms with Gasteiger partial charge in [-0.05, 0) is 6.42 Å². The minimum absolute atomic E-state index is 0.267. The highest BCUT2D eigenvalue weighted by atomic mass is 16.4. The number of carboxylic acid groups (broad SMARTS) is 1. The highest BCUT2D eigenvalue weighted by Crippen LogP contribution is 2.16. The van der Waals surface area contributed by atoms with Gasteiger partial charge in [-0.25, -0.2) is 4.79 Å². The fourth-order valence-corrected chi connectivity index (χ4v) is 2.64. The van der Waals surface area contributed by atoms with E-state index in [-0.39, 0.29) is 6.42 Å². The summed E-state index contributed by atoms with van der Waals surface area (Å²) in [5, 5.41) is 10.8. The molecule has 6 nitrogen and oxygen atoms in total. The predicted octanol–water partition coefficient (Wildman–Crippen LogP) is 3.58. The van der Waals surface area contributed by atoms with Crippen molar-refractivity contribution in [2.24, 2.45) is 11.7 Å². The summed E-state index contributed by atoms with van der Waals surface area (Å²) in [4.78, 5) is 33.2. The third-order valence-corrected chi connectivity index (χ3v) is 3.94. The molecule has 0 aromatic carbocycles. The molecule has 1 atom stereocenters. The number of carbonyl (C=O) groups is 3. The zero-order valence-corrected chi connectivity index (χ0v) is 14.3. The second-order valence-electron chi connectivity index (χ2n) is 6.12. The third-order valence-electron chi connectivity index (χ3n) is 3.94. The number of nitrogens with two attached hydrogens (primary N) is 1. The normalized spacial score (nSPS) is 11.9. The standard InChI is InChI=1S/C17H32N2O4/c1-2-3-4-5-6-7-8-9-10-11-12-14(13-15(20)21)16(22)19-17(18)23/h14H,2-13H2,1H3,(H,20,21)(H3,18,19,22,23). The van der Waals surface area contributed by atoms with Gasteiger partial charge in [-0.2, -0.15) is 0 Å². The number of hydrogen-bond donors (Lipinski definition) is 3. The van der Waals surface area contributed by atoms with Crippen LogP contribution in [0, 0.1) is 5.92 Å². The van der Waals surface area contributed by atoms with E-state index in [1.165, 1.54) is 44.9 Å². The number of unbranched alkanes of at least 4 members (excludes halogenated alkanes) is 9. The molecule has 0 rings (SSSR count). The first-order chi connectivity index (χ1) is 11.0. The Hall–Kier alpha value is -1.59. The molecule has 0 aromatic heterocycles. The van der Waals surface area contributed by atoms with Crippen LogP contribution in [0.15, 0.2) is 0 Å². The summed E-state index contributed by atoms with van der Waals surface area (Å²) in [7, 11) is 0. The largest absolute Gasteiger partial charge is 0.481 e. The minimum Gasteiger partial charge on any atom is -0.481 e. The van der Waals surface area contributed by atoms with Crippen LogP contribution in [0.25, 0.3) is 0 Å². The third kappa shape index (κ3) is 13.8. The van der Waals surface area contributed by atoms with Crippen molar-refractivity contribution in [2.45, 2.75) is 84.0 Å². The summed E-state index contributed by atoms with van der Waals surface area (Å²) in [5.41, 5.74) is 4.90. The lowest BCUT2D eigenvalue weighted by Crippen LogP contribution is -2.39. The highest BCUT2D eigenvalue weighted by Gasteiger charge is 2.22. The zero-order chi connectivity index (χ0) is 17.5. The molecule has 0 saturated carbocycles. The van der Waals surface area contributed by atoms with Gasteiger partial charge in [0.1, 0.15) is 0 Å². The molecule has 1 unspecified atom stereocenters. The van der Waals surface area contributed by atoms with Crippen molar-refractivity contribution < 1.29 is 19.5 Å². The molecule has 0 saturated heterocycles. The molecular formula is C17H32N2O4. The number of urea groups is 1. The van der Waals surface area contributed by atoms with Crippen LogP contribution in [-0.4, -0.2) is 23.0 Å². The van der Waals surface area contributed by atoms with Gasteiger partial charge in [0, 0.05) is 5.92 Å². The van der Waals surface area contributed by atoms with Gasteiger partial charge >= 0.3 is 12.0 Å². The topological polar surface area (TPSA) is 109 Å². The average Bonchev–Trinajstić information content (AvgIpc) is 2.46. The summed E-state index contributed by atoms with van der Waals surface area (Å²) < 4.78 is 0. The fraction of sp³-hybridized carbons (Fsp3) is 0.824. The summed E-state index contributed by atoms with van der Waals surface area (Å²) in [6.45, 7) is 2.21. The Morgan fingerprint density at radius 2 is 1.39 bits per heavy atom. The monoisotopic (exact) mass is 328 g/mol. The van der Waals surface area contributed by atoms with Crippen LogP contribution in [0.1, 0.15) is 84.0 Å². The van der Waals surface area contributed by atoms with Gasteiger partial charge in [0.2, 0.25) is 5.91 Å². The molecule has 6 heteroatoms. The molecule has 0 spiro atoms. The first-order valence-corrected chi connectivity index (χ1v) is 8.79. The van der Waals surface area contributed by atoms with Crippen molar-refractivity contribution >= 4 is 17.9 Å². The van der Waals surface area contributed by atoms with E-state index in [2.05, 4.69) is 6.92 Å². The molecule has 0 aromatic rings. The second-order valence-corrected chi connectivity index (χ2v) is 6.12. The van der Waals surface area contributed by atoms with Gasteiger partial charge < -0.3 is 10.8 Å². The average molecular weight is 328 g/mol. The molecule has 0 heterocycles. The van der Waals surface area contributed by atoms with Gasteiger partial charge in [0.25, 0.3) is 0 Å². The maximum Gasteiger partial charge on any atom is 0.318 e. The predicted molar refractivity (Wildman–Crippen MR) is 89.9 cm³/mol. The number of imide groups is 1. The molecule has 3 amide bonds. The fourth-order valence-electron chi connectivity index (χ4n) is 2.64. The van der Waals surface area contributed by atoms with Gasteiger partial charge in [0.05, 0.1) is 6.42 Å². The van der Waals surface area contributed by atoms with Gasteiger partial charge in [-0.3, -0.25) is 14.9 Å². The Morgan fingerprint density at radius 3 is 1.83 bits per heavy atom. The maximum atomic E-state index is 11.7. The van der Waals surface area contributed by atoms with E-state index in [0.717, 1.165) is 19.3 Å². The Balaban J connectivity index is 3.76. The van der Waals surface area contributed by atoms with Crippen LogP contribution in [0.4, 0.5) is 4.79 Å². The molecule has 4 N–H and O–H groups in total. The van der Waals surface area contributed by atoms with E-state index in [1.807, 2.05) is 5.32 Å². The molecule has 0 aliphatic carbocycles. The van der Waals surface area contributed by atoms with E-state index >= 15 is 0 Å². The Kier molecular flexibility index (Phi) is 13.1. The van der Waals surface area contributed by atoms with Crippen LogP contribution in [0.5, 0.6) is 0 Å². The number of rotatable bonds is 14. The van der Waals surface area contributed by atoms with Crippen LogP contribution in [-0.2, 0) is 9.59 Å². The number of hydrogen-bond acceptors (Lipinski definition) is 3. The molecule has 23 heavy (non-hydrogen) atoms. The quantitative estimate of drug-likeness (QED) is 0.423. The smallest absolute Gasteiger partial charge is 0.318 e. The number of nitrogens with one attached hydrogen (secondary N) is 1. The van der Waals surface area contributed by atoms with Crippen molar-refractivity contribution in [1.82, 2.24) is 5.32 Å². The number of carboxylic acids is 1. The second kappa shape index (κ2) is 14.0. The van der Waals surface area contributed by atoms with Crippen LogP contribution >= 0.6 is 0 Å². The SMILES string of the molecule is CCCCCCCCCCCCC(CC(=O)O)C(=O)NC(N)=O. The van der Waals surface area contributed by atoms with E-state index in [9.17, 15) is 14.4 Å². The van der Waals surface area contributed by atoms with E-state index in [1.54, 1.807) is 0 Å². The molecule has 0 fully saturated rings. The van der Waals surface area contributed by atoms with Gasteiger partial charge in [-0.1, -0.05) is 71.1 Å². The maximum absolute atomic E-state index is 11.7. The molecule has 0 bridgehead atoms. The number of aliphatic carboxylic acids is 1. The van der Waals surface area contributed by atoms with Crippen molar-refractivity contribution in [3.8, 4) is 0 Å². The molecule has 0 radical (unpaired) electrons. The summed E-state index contributed by atoms with van der Waals surface area (Å²) in [5.74, 6) is -2.31. The Labute approximate surface area is 139 Å². The van der Waals surface area contributed by atoms with Crippen molar-refractivity contribution in [3.63, 3.8) is 0 Å². The first kappa shape index (κ1) is 21.4. The zero-order valence-electron chi connectivity index (χ0n) is 14.3. The minimum atomic E-state index is -1.04. The lowest BCUT2D eigenvalue weighted by atomic mass is 9.96. The molecular weight excluding hydrogens is 296 g/mol. The number of amides is 3. The summed E-state index contributed by atoms with van der Waals surface area (Å²) in [6, 6.07) is -0.937. The Bertz CT molecular complexity index is 359. The van der Waals surface area contributed by atoms with E-state index in [4.69, 9.17) is 10.8 Å².